The van der Waals surface area contributed by atoms with Gasteiger partial charge in [-0.2, -0.15) is 12.7 Å². The Morgan fingerprint density at radius 1 is 1.29 bits per heavy atom. The average molecular weight is 320 g/mol. The molecule has 1 heterocycles. The van der Waals surface area contributed by atoms with E-state index in [4.69, 9.17) is 0 Å². The van der Waals surface area contributed by atoms with Gasteiger partial charge in [0.2, 0.25) is 5.91 Å². The van der Waals surface area contributed by atoms with Gasteiger partial charge in [0.1, 0.15) is 0 Å². The van der Waals surface area contributed by atoms with Crippen molar-refractivity contribution in [3.8, 4) is 0 Å². The van der Waals surface area contributed by atoms with Crippen LogP contribution >= 0.6 is 0 Å². The van der Waals surface area contributed by atoms with Crippen molar-refractivity contribution in [1.29, 1.82) is 0 Å². The minimum Gasteiger partial charge on any atom is -0.469 e. The van der Waals surface area contributed by atoms with Gasteiger partial charge in [0.25, 0.3) is 0 Å². The summed E-state index contributed by atoms with van der Waals surface area (Å²) in [5, 5.41) is 0. The molecule has 1 N–H and O–H groups in total. The number of ether oxygens (including phenoxy) is 1. The molecule has 0 saturated carbocycles. The summed E-state index contributed by atoms with van der Waals surface area (Å²) in [4.78, 5) is 23.0. The third kappa shape index (κ3) is 5.62. The maximum Gasteiger partial charge on any atom is 0.308 e. The van der Waals surface area contributed by atoms with E-state index in [0.29, 0.717) is 25.2 Å². The molecule has 1 fully saturated rings. The first kappa shape index (κ1) is 17.9. The second-order valence-electron chi connectivity index (χ2n) is 5.66. The second-order valence-corrected chi connectivity index (χ2v) is 7.33. The van der Waals surface area contributed by atoms with E-state index in [1.165, 1.54) is 11.4 Å². The Hall–Kier alpha value is -1.15. The number of nitrogens with one attached hydrogen (secondary N) is 1. The summed E-state index contributed by atoms with van der Waals surface area (Å²) in [5.41, 5.74) is 0. The predicted octanol–water partition coefficient (Wildman–Crippen LogP) is 0.669. The lowest BCUT2D eigenvalue weighted by Gasteiger charge is -2.29. The second kappa shape index (κ2) is 7.74. The molecule has 1 rings (SSSR count). The highest BCUT2D eigenvalue weighted by atomic mass is 32.2. The molecule has 0 aromatic heterocycles. The molecule has 1 saturated heterocycles. The predicted molar refractivity (Wildman–Crippen MR) is 77.4 cm³/mol. The quantitative estimate of drug-likeness (QED) is 0.726. The molecule has 0 spiro atoms. The lowest BCUT2D eigenvalue weighted by molar-refractivity contribution is -0.146. The number of amides is 1. The van der Waals surface area contributed by atoms with E-state index in [9.17, 15) is 18.0 Å². The molecule has 8 heteroatoms. The molecule has 0 aromatic carbocycles. The molecule has 0 atom stereocenters. The molecule has 1 amide bonds. The Labute approximate surface area is 126 Å². The van der Waals surface area contributed by atoms with Gasteiger partial charge in [-0.15, -0.1) is 0 Å². The average Bonchev–Trinajstić information content (AvgIpc) is 2.44. The van der Waals surface area contributed by atoms with Crippen LogP contribution in [0.5, 0.6) is 0 Å². The molecule has 0 unspecified atom stereocenters. The Bertz CT molecular complexity index is 467. The van der Waals surface area contributed by atoms with Crippen LogP contribution in [0.25, 0.3) is 0 Å². The van der Waals surface area contributed by atoms with Gasteiger partial charge in [-0.3, -0.25) is 9.59 Å². The van der Waals surface area contributed by atoms with Gasteiger partial charge in [-0.25, -0.2) is 4.72 Å². The minimum atomic E-state index is -3.80. The fourth-order valence-electron chi connectivity index (χ4n) is 2.18. The third-order valence-corrected chi connectivity index (χ3v) is 5.05. The van der Waals surface area contributed by atoms with Gasteiger partial charge in [0.15, 0.2) is 0 Å². The Morgan fingerprint density at radius 2 is 1.86 bits per heavy atom. The molecule has 7 nitrogen and oxygen atoms in total. The van der Waals surface area contributed by atoms with Crippen LogP contribution < -0.4 is 4.72 Å². The van der Waals surface area contributed by atoms with Crippen LogP contribution in [-0.2, 0) is 24.5 Å². The van der Waals surface area contributed by atoms with Crippen LogP contribution in [0, 0.1) is 11.8 Å². The standard InChI is InChI=1S/C13H24N2O5S/c1-10(2)4-5-12(16)14-21(18,19)15-8-6-11(7-9-15)13(17)20-3/h10-11H,4-9H2,1-3H3,(H,14,16). The normalized spacial score (nSPS) is 17.7. The minimum absolute atomic E-state index is 0.190. The summed E-state index contributed by atoms with van der Waals surface area (Å²) < 4.78 is 32.1. The number of hydrogen-bond donors (Lipinski definition) is 1. The summed E-state index contributed by atoms with van der Waals surface area (Å²) in [6.45, 7) is 4.37. The number of esters is 1. The van der Waals surface area contributed by atoms with Crippen molar-refractivity contribution in [2.45, 2.75) is 39.5 Å². The fourth-order valence-corrected chi connectivity index (χ4v) is 3.39. The highest BCUT2D eigenvalue weighted by Crippen LogP contribution is 2.20. The zero-order valence-electron chi connectivity index (χ0n) is 12.8. The van der Waals surface area contributed by atoms with E-state index < -0.39 is 16.1 Å². The van der Waals surface area contributed by atoms with E-state index in [1.807, 2.05) is 13.8 Å². The number of rotatable bonds is 6. The van der Waals surface area contributed by atoms with Crippen molar-refractivity contribution in [1.82, 2.24) is 9.03 Å². The van der Waals surface area contributed by atoms with Gasteiger partial charge in [-0.1, -0.05) is 13.8 Å². The fraction of sp³-hybridized carbons (Fsp3) is 0.846. The van der Waals surface area contributed by atoms with Crippen LogP contribution in [0.1, 0.15) is 39.5 Å². The van der Waals surface area contributed by atoms with E-state index in [2.05, 4.69) is 9.46 Å². The molecule has 0 radical (unpaired) electrons. The first-order chi connectivity index (χ1) is 9.76. The largest absolute Gasteiger partial charge is 0.469 e. The first-order valence-electron chi connectivity index (χ1n) is 7.14. The summed E-state index contributed by atoms with van der Waals surface area (Å²) >= 11 is 0. The number of hydrogen-bond acceptors (Lipinski definition) is 5. The van der Waals surface area contributed by atoms with Crippen molar-refractivity contribution >= 4 is 22.1 Å². The third-order valence-electron chi connectivity index (χ3n) is 3.52. The SMILES string of the molecule is COC(=O)C1CCN(S(=O)(=O)NC(=O)CCC(C)C)CC1. The molecule has 0 bridgehead atoms. The van der Waals surface area contributed by atoms with Crippen molar-refractivity contribution < 1.29 is 22.7 Å². The van der Waals surface area contributed by atoms with Gasteiger partial charge in [0.05, 0.1) is 13.0 Å². The maximum absolute atomic E-state index is 12.1. The highest BCUT2D eigenvalue weighted by Gasteiger charge is 2.32. The molecule has 0 aromatic rings. The molecule has 122 valence electrons. The maximum atomic E-state index is 12.1. The van der Waals surface area contributed by atoms with Crippen molar-refractivity contribution in [2.24, 2.45) is 11.8 Å². The zero-order chi connectivity index (χ0) is 16.0. The van der Waals surface area contributed by atoms with E-state index in [1.54, 1.807) is 0 Å². The number of methoxy groups -OCH3 is 1. The lowest BCUT2D eigenvalue weighted by atomic mass is 9.99. The summed E-state index contributed by atoms with van der Waals surface area (Å²) in [7, 11) is -2.48. The highest BCUT2D eigenvalue weighted by molar-refractivity contribution is 7.87. The van der Waals surface area contributed by atoms with Gasteiger partial charge >= 0.3 is 16.2 Å². The monoisotopic (exact) mass is 320 g/mol. The number of piperidine rings is 1. The van der Waals surface area contributed by atoms with Crippen LogP contribution in [0.15, 0.2) is 0 Å². The van der Waals surface area contributed by atoms with Crippen molar-refractivity contribution in [3.63, 3.8) is 0 Å². The molecular weight excluding hydrogens is 296 g/mol. The Kier molecular flexibility index (Phi) is 6.60. The number of nitrogens with zero attached hydrogens (tertiary/aromatic N) is 1. The van der Waals surface area contributed by atoms with E-state index in [-0.39, 0.29) is 31.4 Å². The topological polar surface area (TPSA) is 92.8 Å². The van der Waals surface area contributed by atoms with Gasteiger partial charge < -0.3 is 4.74 Å². The zero-order valence-corrected chi connectivity index (χ0v) is 13.6. The van der Waals surface area contributed by atoms with Crippen LogP contribution in [0.4, 0.5) is 0 Å². The summed E-state index contributed by atoms with van der Waals surface area (Å²) in [6, 6.07) is 0. The smallest absolute Gasteiger partial charge is 0.308 e. The Morgan fingerprint density at radius 3 is 2.33 bits per heavy atom. The molecule has 21 heavy (non-hydrogen) atoms. The molecule has 0 aliphatic carbocycles. The lowest BCUT2D eigenvalue weighted by Crippen LogP contribution is -2.47. The summed E-state index contributed by atoms with van der Waals surface area (Å²) in [5.74, 6) is -0.723. The van der Waals surface area contributed by atoms with E-state index >= 15 is 0 Å². The van der Waals surface area contributed by atoms with Crippen molar-refractivity contribution in [3.05, 3.63) is 0 Å². The van der Waals surface area contributed by atoms with Gasteiger partial charge in [-0.05, 0) is 25.2 Å². The summed E-state index contributed by atoms with van der Waals surface area (Å²) in [6.07, 6.45) is 1.66. The Balaban J connectivity index is 2.49. The van der Waals surface area contributed by atoms with Crippen LogP contribution in [0.3, 0.4) is 0 Å². The number of carbonyl (C=O) groups excluding carboxylic acids is 2. The van der Waals surface area contributed by atoms with Gasteiger partial charge in [0, 0.05) is 19.5 Å². The molecular formula is C13H24N2O5S. The molecule has 1 aliphatic heterocycles. The number of carbonyl (C=O) groups is 2. The van der Waals surface area contributed by atoms with Crippen molar-refractivity contribution in [2.75, 3.05) is 20.2 Å². The van der Waals surface area contributed by atoms with Crippen LogP contribution in [-0.4, -0.2) is 44.8 Å². The molecule has 1 aliphatic rings. The first-order valence-corrected chi connectivity index (χ1v) is 8.58. The van der Waals surface area contributed by atoms with E-state index in [0.717, 1.165) is 0 Å². The van der Waals surface area contributed by atoms with Crippen LogP contribution in [0.2, 0.25) is 0 Å².